The van der Waals surface area contributed by atoms with Crippen molar-refractivity contribution >= 4 is 0 Å². The van der Waals surface area contributed by atoms with Crippen LogP contribution >= 0.6 is 0 Å². The van der Waals surface area contributed by atoms with Gasteiger partial charge in [0, 0.05) is 6.04 Å². The van der Waals surface area contributed by atoms with Crippen LogP contribution in [0.4, 0.5) is 0 Å². The quantitative estimate of drug-likeness (QED) is 0.858. The summed E-state index contributed by atoms with van der Waals surface area (Å²) in [6.45, 7) is 4.22. The molecule has 0 saturated carbocycles. The van der Waals surface area contributed by atoms with Crippen LogP contribution in [0.2, 0.25) is 0 Å². The molecule has 0 heterocycles. The van der Waals surface area contributed by atoms with E-state index >= 15 is 0 Å². The molecule has 112 valence electrons. The molecule has 0 aliphatic carbocycles. The third kappa shape index (κ3) is 4.59. The molecule has 0 aliphatic heterocycles. The molecule has 2 aromatic rings. The summed E-state index contributed by atoms with van der Waals surface area (Å²) in [6, 6.07) is 15.6. The molecule has 21 heavy (non-hydrogen) atoms. The predicted octanol–water partition coefficient (Wildman–Crippen LogP) is 2.61. The third-order valence-corrected chi connectivity index (χ3v) is 3.56. The van der Waals surface area contributed by atoms with Crippen molar-refractivity contribution in [1.29, 1.82) is 0 Å². The van der Waals surface area contributed by atoms with E-state index in [0.29, 0.717) is 6.42 Å². The lowest BCUT2D eigenvalue weighted by atomic mass is 10.0. The number of aliphatic hydroxyl groups excluding tert-OH is 1. The Kier molecular flexibility index (Phi) is 5.37. The SMILES string of the molecule is Cc1ccc(C)c(OCC(O)C(N)Cc2ccccc2)c1. The molecule has 0 fully saturated rings. The van der Waals surface area contributed by atoms with Crippen LogP contribution in [0, 0.1) is 13.8 Å². The molecule has 2 atom stereocenters. The second-order valence-corrected chi connectivity index (χ2v) is 5.50. The van der Waals surface area contributed by atoms with Crippen molar-refractivity contribution in [2.75, 3.05) is 6.61 Å². The largest absolute Gasteiger partial charge is 0.491 e. The highest BCUT2D eigenvalue weighted by Gasteiger charge is 2.16. The van der Waals surface area contributed by atoms with Crippen LogP contribution in [0.25, 0.3) is 0 Å². The van der Waals surface area contributed by atoms with Crippen LogP contribution in [0.3, 0.4) is 0 Å². The van der Waals surface area contributed by atoms with Gasteiger partial charge in [-0.05, 0) is 43.0 Å². The monoisotopic (exact) mass is 285 g/mol. The molecule has 0 amide bonds. The molecule has 3 nitrogen and oxygen atoms in total. The first-order valence-electron chi connectivity index (χ1n) is 7.24. The Bertz CT molecular complexity index is 569. The number of hydrogen-bond donors (Lipinski definition) is 2. The summed E-state index contributed by atoms with van der Waals surface area (Å²) in [5, 5.41) is 10.2. The van der Waals surface area contributed by atoms with E-state index in [-0.39, 0.29) is 12.6 Å². The summed E-state index contributed by atoms with van der Waals surface area (Å²) in [5.41, 5.74) is 9.37. The van der Waals surface area contributed by atoms with E-state index in [2.05, 4.69) is 0 Å². The minimum atomic E-state index is -0.690. The van der Waals surface area contributed by atoms with E-state index in [1.165, 1.54) is 0 Å². The number of aliphatic hydroxyl groups is 1. The molecule has 0 bridgehead atoms. The van der Waals surface area contributed by atoms with E-state index in [4.69, 9.17) is 10.5 Å². The number of hydrogen-bond acceptors (Lipinski definition) is 3. The van der Waals surface area contributed by atoms with Crippen LogP contribution < -0.4 is 10.5 Å². The molecule has 2 aromatic carbocycles. The zero-order chi connectivity index (χ0) is 15.2. The highest BCUT2D eigenvalue weighted by molar-refractivity contribution is 5.36. The Morgan fingerprint density at radius 1 is 1.10 bits per heavy atom. The summed E-state index contributed by atoms with van der Waals surface area (Å²) in [5.74, 6) is 0.806. The molecule has 2 unspecified atom stereocenters. The summed E-state index contributed by atoms with van der Waals surface area (Å²) in [6.07, 6.45) is -0.0526. The Balaban J connectivity index is 1.89. The van der Waals surface area contributed by atoms with Gasteiger partial charge in [0.1, 0.15) is 18.5 Å². The molecule has 0 aromatic heterocycles. The fraction of sp³-hybridized carbons (Fsp3) is 0.333. The van der Waals surface area contributed by atoms with Gasteiger partial charge in [-0.25, -0.2) is 0 Å². The van der Waals surface area contributed by atoms with E-state index in [1.807, 2.05) is 62.4 Å². The van der Waals surface area contributed by atoms with Crippen LogP contribution in [0.5, 0.6) is 5.75 Å². The lowest BCUT2D eigenvalue weighted by Crippen LogP contribution is -2.40. The Hall–Kier alpha value is -1.84. The first-order valence-corrected chi connectivity index (χ1v) is 7.24. The molecule has 2 rings (SSSR count). The van der Waals surface area contributed by atoms with Gasteiger partial charge in [0.05, 0.1) is 0 Å². The highest BCUT2D eigenvalue weighted by atomic mass is 16.5. The van der Waals surface area contributed by atoms with E-state index in [0.717, 1.165) is 22.4 Å². The van der Waals surface area contributed by atoms with Gasteiger partial charge in [-0.2, -0.15) is 0 Å². The van der Waals surface area contributed by atoms with Gasteiger partial charge in [-0.1, -0.05) is 42.5 Å². The van der Waals surface area contributed by atoms with E-state index in [9.17, 15) is 5.11 Å². The van der Waals surface area contributed by atoms with Gasteiger partial charge >= 0.3 is 0 Å². The van der Waals surface area contributed by atoms with Crippen molar-refractivity contribution < 1.29 is 9.84 Å². The maximum Gasteiger partial charge on any atom is 0.122 e. The minimum absolute atomic E-state index is 0.207. The Morgan fingerprint density at radius 2 is 1.81 bits per heavy atom. The minimum Gasteiger partial charge on any atom is -0.491 e. The Morgan fingerprint density at radius 3 is 2.52 bits per heavy atom. The van der Waals surface area contributed by atoms with Crippen molar-refractivity contribution in [2.24, 2.45) is 5.73 Å². The number of ether oxygens (including phenoxy) is 1. The van der Waals surface area contributed by atoms with E-state index < -0.39 is 6.10 Å². The molecular formula is C18H23NO2. The van der Waals surface area contributed by atoms with Gasteiger partial charge in [0.25, 0.3) is 0 Å². The number of rotatable bonds is 6. The molecule has 3 heteroatoms. The maximum atomic E-state index is 10.2. The van der Waals surface area contributed by atoms with Crippen LogP contribution in [0.15, 0.2) is 48.5 Å². The maximum absolute atomic E-state index is 10.2. The van der Waals surface area contributed by atoms with Gasteiger partial charge < -0.3 is 15.6 Å². The van der Waals surface area contributed by atoms with Gasteiger partial charge in [-0.3, -0.25) is 0 Å². The predicted molar refractivity (Wildman–Crippen MR) is 85.5 cm³/mol. The molecular weight excluding hydrogens is 262 g/mol. The zero-order valence-corrected chi connectivity index (χ0v) is 12.6. The average molecular weight is 285 g/mol. The average Bonchev–Trinajstić information content (AvgIpc) is 2.49. The normalized spacial score (nSPS) is 13.7. The molecule has 0 saturated heterocycles. The van der Waals surface area contributed by atoms with Crippen molar-refractivity contribution in [3.8, 4) is 5.75 Å². The van der Waals surface area contributed by atoms with Gasteiger partial charge in [0.15, 0.2) is 0 Å². The standard InChI is InChI=1S/C18H23NO2/c1-13-8-9-14(2)18(10-13)21-12-17(20)16(19)11-15-6-4-3-5-7-15/h3-10,16-17,20H,11-12,19H2,1-2H3. The molecule has 0 radical (unpaired) electrons. The summed E-state index contributed by atoms with van der Waals surface area (Å²) in [7, 11) is 0. The second-order valence-electron chi connectivity index (χ2n) is 5.50. The van der Waals surface area contributed by atoms with Crippen molar-refractivity contribution in [3.63, 3.8) is 0 Å². The highest BCUT2D eigenvalue weighted by Crippen LogP contribution is 2.19. The van der Waals surface area contributed by atoms with E-state index in [1.54, 1.807) is 0 Å². The Labute approximate surface area is 126 Å². The lowest BCUT2D eigenvalue weighted by molar-refractivity contribution is 0.0848. The first kappa shape index (κ1) is 15.5. The van der Waals surface area contributed by atoms with Gasteiger partial charge in [0.2, 0.25) is 0 Å². The van der Waals surface area contributed by atoms with Crippen molar-refractivity contribution in [2.45, 2.75) is 32.4 Å². The topological polar surface area (TPSA) is 55.5 Å². The number of nitrogens with two attached hydrogens (primary N) is 1. The lowest BCUT2D eigenvalue weighted by Gasteiger charge is -2.20. The first-order chi connectivity index (χ1) is 10.1. The fourth-order valence-corrected chi connectivity index (χ4v) is 2.18. The van der Waals surface area contributed by atoms with Crippen LogP contribution in [-0.2, 0) is 6.42 Å². The number of benzene rings is 2. The zero-order valence-electron chi connectivity index (χ0n) is 12.6. The third-order valence-electron chi connectivity index (χ3n) is 3.56. The van der Waals surface area contributed by atoms with Gasteiger partial charge in [-0.15, -0.1) is 0 Å². The van der Waals surface area contributed by atoms with Crippen LogP contribution in [0.1, 0.15) is 16.7 Å². The summed E-state index contributed by atoms with van der Waals surface area (Å²) >= 11 is 0. The molecule has 0 aliphatic rings. The van der Waals surface area contributed by atoms with Crippen molar-refractivity contribution in [3.05, 3.63) is 65.2 Å². The molecule has 0 spiro atoms. The van der Waals surface area contributed by atoms with Crippen molar-refractivity contribution in [1.82, 2.24) is 0 Å². The smallest absolute Gasteiger partial charge is 0.122 e. The van der Waals surface area contributed by atoms with Crippen LogP contribution in [-0.4, -0.2) is 23.9 Å². The second kappa shape index (κ2) is 7.25. The molecule has 3 N–H and O–H groups in total. The fourth-order valence-electron chi connectivity index (χ4n) is 2.18. The summed E-state index contributed by atoms with van der Waals surface area (Å²) in [4.78, 5) is 0. The number of aryl methyl sites for hydroxylation is 2. The summed E-state index contributed by atoms with van der Waals surface area (Å²) < 4.78 is 5.71.